The first kappa shape index (κ1) is 22.0. The molecule has 0 saturated heterocycles. The zero-order valence-corrected chi connectivity index (χ0v) is 16.4. The van der Waals surface area contributed by atoms with Crippen LogP contribution in [0.3, 0.4) is 0 Å². The number of hydrogen-bond acceptors (Lipinski definition) is 4. The second kappa shape index (κ2) is 9.27. The van der Waals surface area contributed by atoms with Crippen LogP contribution in [0.5, 0.6) is 0 Å². The van der Waals surface area contributed by atoms with E-state index in [0.717, 1.165) is 12.1 Å². The van der Waals surface area contributed by atoms with Crippen LogP contribution in [0.25, 0.3) is 0 Å². The van der Waals surface area contributed by atoms with Gasteiger partial charge < -0.3 is 15.0 Å². The van der Waals surface area contributed by atoms with Crippen molar-refractivity contribution in [2.75, 3.05) is 18.5 Å². The number of ether oxygens (including phenoxy) is 1. The highest BCUT2D eigenvalue weighted by Gasteiger charge is 2.29. The molecule has 8 heteroatoms. The van der Waals surface area contributed by atoms with Crippen molar-refractivity contribution in [3.63, 3.8) is 0 Å². The molecule has 0 bridgehead atoms. The Morgan fingerprint density at radius 2 is 1.45 bits per heavy atom. The van der Waals surface area contributed by atoms with Gasteiger partial charge in [0, 0.05) is 11.2 Å². The molecule has 0 atom stereocenters. The van der Waals surface area contributed by atoms with E-state index in [1.807, 2.05) is 0 Å². The van der Waals surface area contributed by atoms with Crippen LogP contribution in [-0.4, -0.2) is 41.4 Å². The third kappa shape index (κ3) is 6.67. The van der Waals surface area contributed by atoms with Crippen LogP contribution in [0, 0.1) is 11.6 Å². The minimum atomic E-state index is -0.775. The number of esters is 1. The van der Waals surface area contributed by atoms with Gasteiger partial charge in [0.25, 0.3) is 5.91 Å². The van der Waals surface area contributed by atoms with E-state index in [1.165, 1.54) is 41.3 Å². The lowest BCUT2D eigenvalue weighted by Gasteiger charge is -2.35. The first-order valence-electron chi connectivity index (χ1n) is 8.85. The Balaban J connectivity index is 1.98. The standard InChI is InChI=1S/C21H22F2N2O4/c1-21(2,3)25(12-18(26)24-17-10-8-16(23)9-11-17)19(27)13-29-20(28)14-4-6-15(22)7-5-14/h4-11H,12-13H2,1-3H3,(H,24,26). The van der Waals surface area contributed by atoms with Crippen molar-refractivity contribution in [1.29, 1.82) is 0 Å². The van der Waals surface area contributed by atoms with E-state index in [-0.39, 0.29) is 12.1 Å². The van der Waals surface area contributed by atoms with Crippen LogP contribution in [0.1, 0.15) is 31.1 Å². The van der Waals surface area contributed by atoms with Gasteiger partial charge in [-0.05, 0) is 69.3 Å². The van der Waals surface area contributed by atoms with Gasteiger partial charge in [-0.2, -0.15) is 0 Å². The molecule has 154 valence electrons. The van der Waals surface area contributed by atoms with Crippen molar-refractivity contribution >= 4 is 23.5 Å². The number of anilines is 1. The van der Waals surface area contributed by atoms with Gasteiger partial charge in [0.05, 0.1) is 5.56 Å². The quantitative estimate of drug-likeness (QED) is 0.749. The van der Waals surface area contributed by atoms with Crippen LogP contribution >= 0.6 is 0 Å². The number of benzene rings is 2. The molecule has 0 radical (unpaired) electrons. The number of carbonyl (C=O) groups is 3. The minimum absolute atomic E-state index is 0.107. The summed E-state index contributed by atoms with van der Waals surface area (Å²) in [7, 11) is 0. The zero-order chi connectivity index (χ0) is 21.6. The molecule has 0 saturated carbocycles. The van der Waals surface area contributed by atoms with Gasteiger partial charge in [-0.25, -0.2) is 13.6 Å². The molecule has 0 aliphatic carbocycles. The van der Waals surface area contributed by atoms with Gasteiger partial charge in [-0.3, -0.25) is 9.59 Å². The highest BCUT2D eigenvalue weighted by molar-refractivity contribution is 5.95. The Morgan fingerprint density at radius 3 is 1.97 bits per heavy atom. The Hall–Kier alpha value is -3.29. The fourth-order valence-electron chi connectivity index (χ4n) is 2.45. The average Bonchev–Trinajstić information content (AvgIpc) is 2.65. The molecule has 0 fully saturated rings. The summed E-state index contributed by atoms with van der Waals surface area (Å²) in [5.41, 5.74) is -0.226. The molecule has 29 heavy (non-hydrogen) atoms. The van der Waals surface area contributed by atoms with Gasteiger partial charge in [-0.15, -0.1) is 0 Å². The highest BCUT2D eigenvalue weighted by atomic mass is 19.1. The van der Waals surface area contributed by atoms with Crippen molar-refractivity contribution in [3.05, 3.63) is 65.7 Å². The Bertz CT molecular complexity index is 875. The van der Waals surface area contributed by atoms with Crippen LogP contribution in [0.4, 0.5) is 14.5 Å². The number of hydrogen-bond donors (Lipinski definition) is 1. The highest BCUT2D eigenvalue weighted by Crippen LogP contribution is 2.15. The summed E-state index contributed by atoms with van der Waals surface area (Å²) in [6.07, 6.45) is 0. The summed E-state index contributed by atoms with van der Waals surface area (Å²) in [4.78, 5) is 38.1. The molecule has 0 aliphatic rings. The van der Waals surface area contributed by atoms with Crippen molar-refractivity contribution in [3.8, 4) is 0 Å². The number of nitrogens with zero attached hydrogens (tertiary/aromatic N) is 1. The summed E-state index contributed by atoms with van der Waals surface area (Å²) < 4.78 is 30.9. The largest absolute Gasteiger partial charge is 0.452 e. The number of carbonyl (C=O) groups excluding carboxylic acids is 3. The molecule has 0 aliphatic heterocycles. The molecule has 1 N–H and O–H groups in total. The van der Waals surface area contributed by atoms with E-state index < -0.39 is 41.6 Å². The van der Waals surface area contributed by atoms with Gasteiger partial charge >= 0.3 is 5.97 Å². The summed E-state index contributed by atoms with van der Waals surface area (Å²) in [5, 5.41) is 2.58. The SMILES string of the molecule is CC(C)(C)N(CC(=O)Nc1ccc(F)cc1)C(=O)COC(=O)c1ccc(F)cc1. The summed E-state index contributed by atoms with van der Waals surface area (Å²) in [5.74, 6) is -2.75. The third-order valence-corrected chi connectivity index (χ3v) is 3.95. The van der Waals surface area contributed by atoms with E-state index in [4.69, 9.17) is 4.74 Å². The zero-order valence-electron chi connectivity index (χ0n) is 16.4. The number of halogens is 2. The fourth-order valence-corrected chi connectivity index (χ4v) is 2.45. The molecule has 0 unspecified atom stereocenters. The average molecular weight is 404 g/mol. The lowest BCUT2D eigenvalue weighted by molar-refractivity contribution is -0.142. The predicted molar refractivity (Wildman–Crippen MR) is 103 cm³/mol. The normalized spacial score (nSPS) is 10.9. The molecular formula is C21H22F2N2O4. The fraction of sp³-hybridized carbons (Fsp3) is 0.286. The molecule has 2 rings (SSSR count). The topological polar surface area (TPSA) is 75.7 Å². The molecule has 6 nitrogen and oxygen atoms in total. The summed E-state index contributed by atoms with van der Waals surface area (Å²) in [6.45, 7) is 4.35. The Kier molecular flexibility index (Phi) is 7.03. The second-order valence-corrected chi connectivity index (χ2v) is 7.29. The van der Waals surface area contributed by atoms with Gasteiger partial charge in [-0.1, -0.05) is 0 Å². The maximum absolute atomic E-state index is 13.0. The molecule has 2 amide bonds. The number of nitrogens with one attached hydrogen (secondary N) is 1. The third-order valence-electron chi connectivity index (χ3n) is 3.95. The van der Waals surface area contributed by atoms with Crippen molar-refractivity contribution < 1.29 is 27.9 Å². The lowest BCUT2D eigenvalue weighted by atomic mass is 10.1. The van der Waals surface area contributed by atoms with Gasteiger partial charge in [0.2, 0.25) is 5.91 Å². The Morgan fingerprint density at radius 1 is 0.931 bits per heavy atom. The molecule has 2 aromatic carbocycles. The van der Waals surface area contributed by atoms with E-state index >= 15 is 0 Å². The molecule has 0 aromatic heterocycles. The van der Waals surface area contributed by atoms with E-state index in [2.05, 4.69) is 5.32 Å². The van der Waals surface area contributed by atoms with E-state index in [1.54, 1.807) is 20.8 Å². The van der Waals surface area contributed by atoms with Crippen molar-refractivity contribution in [2.24, 2.45) is 0 Å². The summed E-state index contributed by atoms with van der Waals surface area (Å²) in [6, 6.07) is 9.94. The molecular weight excluding hydrogens is 382 g/mol. The molecule has 0 heterocycles. The molecule has 2 aromatic rings. The second-order valence-electron chi connectivity index (χ2n) is 7.29. The summed E-state index contributed by atoms with van der Waals surface area (Å²) >= 11 is 0. The first-order chi connectivity index (χ1) is 13.6. The molecule has 0 spiro atoms. The number of rotatable bonds is 6. The Labute approximate surface area is 167 Å². The maximum Gasteiger partial charge on any atom is 0.338 e. The van der Waals surface area contributed by atoms with Crippen molar-refractivity contribution in [2.45, 2.75) is 26.3 Å². The number of amides is 2. The predicted octanol–water partition coefficient (Wildman–Crippen LogP) is 3.39. The minimum Gasteiger partial charge on any atom is -0.452 e. The van der Waals surface area contributed by atoms with Crippen molar-refractivity contribution in [1.82, 2.24) is 4.90 Å². The van der Waals surface area contributed by atoms with Crippen LogP contribution in [0.2, 0.25) is 0 Å². The van der Waals surface area contributed by atoms with E-state index in [9.17, 15) is 23.2 Å². The monoisotopic (exact) mass is 404 g/mol. The van der Waals surface area contributed by atoms with Gasteiger partial charge in [0.1, 0.15) is 18.2 Å². The van der Waals surface area contributed by atoms with Crippen LogP contribution in [0.15, 0.2) is 48.5 Å². The van der Waals surface area contributed by atoms with Crippen LogP contribution < -0.4 is 5.32 Å². The lowest BCUT2D eigenvalue weighted by Crippen LogP contribution is -2.50. The smallest absolute Gasteiger partial charge is 0.338 e. The van der Waals surface area contributed by atoms with Gasteiger partial charge in [0.15, 0.2) is 6.61 Å². The van der Waals surface area contributed by atoms with Crippen LogP contribution in [-0.2, 0) is 14.3 Å². The first-order valence-corrected chi connectivity index (χ1v) is 8.85. The maximum atomic E-state index is 13.0. The van der Waals surface area contributed by atoms with E-state index in [0.29, 0.717) is 5.69 Å².